The number of nitrogens with zero attached hydrogens (tertiary/aromatic N) is 3. The predicted octanol–water partition coefficient (Wildman–Crippen LogP) is 3.66. The van der Waals surface area contributed by atoms with E-state index in [4.69, 9.17) is 0 Å². The zero-order valence-electron chi connectivity index (χ0n) is 17.1. The number of rotatable bonds is 6. The van der Waals surface area contributed by atoms with Crippen LogP contribution in [0.4, 0.5) is 11.5 Å². The first kappa shape index (κ1) is 20.8. The fourth-order valence-electron chi connectivity index (χ4n) is 3.46. The van der Waals surface area contributed by atoms with Crippen LogP contribution in [0.3, 0.4) is 0 Å². The van der Waals surface area contributed by atoms with Gasteiger partial charge in [-0.05, 0) is 17.7 Å². The average Bonchev–Trinajstić information content (AvgIpc) is 2.78. The van der Waals surface area contributed by atoms with Gasteiger partial charge in [0.15, 0.2) is 5.82 Å². The van der Waals surface area contributed by atoms with Crippen molar-refractivity contribution in [3.05, 3.63) is 78.6 Å². The summed E-state index contributed by atoms with van der Waals surface area (Å²) in [5, 5.41) is 10.7. The maximum atomic E-state index is 13.4. The number of fused-ring (bicyclic) bond motifs is 1. The van der Waals surface area contributed by atoms with Crippen LogP contribution in [0.2, 0.25) is 0 Å². The Hall–Kier alpha value is -3.49. The third kappa shape index (κ3) is 4.08. The number of anilines is 2. The Morgan fingerprint density at radius 2 is 1.58 bits per heavy atom. The molecule has 4 aromatic rings. The van der Waals surface area contributed by atoms with E-state index in [1.807, 2.05) is 37.2 Å². The lowest BCUT2D eigenvalue weighted by Gasteiger charge is -2.17. The summed E-state index contributed by atoms with van der Waals surface area (Å²) in [5.74, 6) is 0.139. The van der Waals surface area contributed by atoms with Crippen molar-refractivity contribution >= 4 is 32.3 Å². The van der Waals surface area contributed by atoms with Crippen LogP contribution in [0.25, 0.3) is 22.0 Å². The third-order valence-corrected chi connectivity index (χ3v) is 6.37. The van der Waals surface area contributed by atoms with E-state index in [1.165, 1.54) is 12.4 Å². The van der Waals surface area contributed by atoms with Gasteiger partial charge in [-0.2, -0.15) is 0 Å². The molecule has 0 bridgehead atoms. The average molecular weight is 435 g/mol. The molecule has 0 unspecified atom stereocenters. The summed E-state index contributed by atoms with van der Waals surface area (Å²) >= 11 is 0. The summed E-state index contributed by atoms with van der Waals surface area (Å²) in [6, 6.07) is 17.9. The lowest BCUT2D eigenvalue weighted by atomic mass is 10.1. The molecule has 1 heterocycles. The Morgan fingerprint density at radius 1 is 0.903 bits per heavy atom. The van der Waals surface area contributed by atoms with Crippen molar-refractivity contribution in [2.24, 2.45) is 0 Å². The van der Waals surface area contributed by atoms with E-state index in [9.17, 15) is 13.5 Å². The van der Waals surface area contributed by atoms with Gasteiger partial charge >= 0.3 is 0 Å². The van der Waals surface area contributed by atoms with Gasteiger partial charge < -0.3 is 10.0 Å². The fourth-order valence-corrected chi connectivity index (χ4v) is 4.70. The van der Waals surface area contributed by atoms with E-state index in [0.717, 1.165) is 16.6 Å². The van der Waals surface area contributed by atoms with Gasteiger partial charge in [-0.15, -0.1) is 0 Å². The number of hydrogen-bond donors (Lipinski definition) is 2. The SMILES string of the molecule is CN(C)c1cccc2c(S(=O)(=O)Nc3nccnc3-c3ccc(CO)cc3)cccc12. The zero-order valence-corrected chi connectivity index (χ0v) is 18.0. The molecule has 0 saturated carbocycles. The molecule has 4 rings (SSSR count). The van der Waals surface area contributed by atoms with Crippen LogP contribution in [0.5, 0.6) is 0 Å². The van der Waals surface area contributed by atoms with Crippen LogP contribution in [0.15, 0.2) is 78.0 Å². The lowest BCUT2D eigenvalue weighted by Crippen LogP contribution is -2.16. The van der Waals surface area contributed by atoms with Crippen molar-refractivity contribution in [2.75, 3.05) is 23.7 Å². The van der Waals surface area contributed by atoms with Gasteiger partial charge in [-0.25, -0.2) is 13.4 Å². The Bertz CT molecular complexity index is 1340. The highest BCUT2D eigenvalue weighted by Crippen LogP contribution is 2.32. The molecule has 0 spiro atoms. The highest BCUT2D eigenvalue weighted by molar-refractivity contribution is 7.93. The van der Waals surface area contributed by atoms with Crippen molar-refractivity contribution in [1.29, 1.82) is 0 Å². The van der Waals surface area contributed by atoms with Gasteiger partial charge in [0.25, 0.3) is 10.0 Å². The Morgan fingerprint density at radius 3 is 2.29 bits per heavy atom. The topological polar surface area (TPSA) is 95.4 Å². The molecule has 0 aliphatic heterocycles. The van der Waals surface area contributed by atoms with Crippen LogP contribution in [-0.2, 0) is 16.6 Å². The minimum atomic E-state index is -3.94. The summed E-state index contributed by atoms with van der Waals surface area (Å²) in [5.41, 5.74) is 2.78. The molecule has 3 aromatic carbocycles. The number of hydrogen-bond acceptors (Lipinski definition) is 6. The van der Waals surface area contributed by atoms with E-state index in [-0.39, 0.29) is 17.3 Å². The van der Waals surface area contributed by atoms with Gasteiger partial charge in [0.2, 0.25) is 0 Å². The number of aliphatic hydroxyl groups excluding tert-OH is 1. The number of aromatic nitrogens is 2. The smallest absolute Gasteiger partial charge is 0.263 e. The van der Waals surface area contributed by atoms with Crippen molar-refractivity contribution < 1.29 is 13.5 Å². The Balaban J connectivity index is 1.78. The molecule has 8 heteroatoms. The fraction of sp³-hybridized carbons (Fsp3) is 0.130. The summed E-state index contributed by atoms with van der Waals surface area (Å²) in [4.78, 5) is 10.7. The Labute approximate surface area is 181 Å². The Kier molecular flexibility index (Phi) is 5.58. The highest BCUT2D eigenvalue weighted by atomic mass is 32.2. The first-order valence-corrected chi connectivity index (χ1v) is 11.1. The van der Waals surface area contributed by atoms with Crippen LogP contribution >= 0.6 is 0 Å². The maximum absolute atomic E-state index is 13.4. The van der Waals surface area contributed by atoms with Gasteiger partial charge in [0.05, 0.1) is 11.5 Å². The van der Waals surface area contributed by atoms with Gasteiger partial charge in [-0.1, -0.05) is 48.5 Å². The predicted molar refractivity (Wildman–Crippen MR) is 122 cm³/mol. The number of benzene rings is 3. The molecule has 0 aliphatic rings. The van der Waals surface area contributed by atoms with Crippen molar-refractivity contribution in [3.8, 4) is 11.3 Å². The molecule has 0 fully saturated rings. The number of aliphatic hydroxyl groups is 1. The first-order valence-electron chi connectivity index (χ1n) is 9.64. The van der Waals surface area contributed by atoms with Crippen LogP contribution in [-0.4, -0.2) is 37.6 Å². The molecular formula is C23H22N4O3S. The van der Waals surface area contributed by atoms with Crippen molar-refractivity contribution in [1.82, 2.24) is 9.97 Å². The second kappa shape index (κ2) is 8.33. The second-order valence-corrected chi connectivity index (χ2v) is 8.89. The molecule has 1 aromatic heterocycles. The second-order valence-electron chi connectivity index (χ2n) is 7.24. The highest BCUT2D eigenvalue weighted by Gasteiger charge is 2.21. The summed E-state index contributed by atoms with van der Waals surface area (Å²) in [6.45, 7) is -0.0732. The molecule has 7 nitrogen and oxygen atoms in total. The minimum absolute atomic E-state index is 0.0732. The monoisotopic (exact) mass is 434 g/mol. The lowest BCUT2D eigenvalue weighted by molar-refractivity contribution is 0.282. The van der Waals surface area contributed by atoms with Crippen LogP contribution in [0, 0.1) is 0 Å². The van der Waals surface area contributed by atoms with Gasteiger partial charge in [0.1, 0.15) is 5.69 Å². The first-order chi connectivity index (χ1) is 14.9. The minimum Gasteiger partial charge on any atom is -0.392 e. The van der Waals surface area contributed by atoms with E-state index < -0.39 is 10.0 Å². The van der Waals surface area contributed by atoms with Crippen molar-refractivity contribution in [3.63, 3.8) is 0 Å². The zero-order chi connectivity index (χ0) is 22.0. The molecular weight excluding hydrogens is 412 g/mol. The van der Waals surface area contributed by atoms with E-state index in [0.29, 0.717) is 16.6 Å². The number of nitrogens with one attached hydrogen (secondary N) is 1. The third-order valence-electron chi connectivity index (χ3n) is 4.97. The van der Waals surface area contributed by atoms with E-state index in [1.54, 1.807) is 42.5 Å². The standard InChI is InChI=1S/C23H22N4O3S/c1-27(2)20-7-3-6-19-18(20)5-4-8-21(19)31(29,30)26-23-22(24-13-14-25-23)17-11-9-16(15-28)10-12-17/h3-14,28H,15H2,1-2H3,(H,25,26). The summed E-state index contributed by atoms with van der Waals surface area (Å²) in [6.07, 6.45) is 2.95. The number of sulfonamides is 1. The molecule has 158 valence electrons. The molecule has 0 amide bonds. The quantitative estimate of drug-likeness (QED) is 0.481. The van der Waals surface area contributed by atoms with Crippen LogP contribution < -0.4 is 9.62 Å². The maximum Gasteiger partial charge on any atom is 0.263 e. The summed E-state index contributed by atoms with van der Waals surface area (Å²) in [7, 11) is -0.0992. The normalized spacial score (nSPS) is 11.5. The van der Waals surface area contributed by atoms with Crippen molar-refractivity contribution in [2.45, 2.75) is 11.5 Å². The summed E-state index contributed by atoms with van der Waals surface area (Å²) < 4.78 is 29.3. The van der Waals surface area contributed by atoms with Crippen LogP contribution in [0.1, 0.15) is 5.56 Å². The molecule has 2 N–H and O–H groups in total. The molecule has 0 aliphatic carbocycles. The molecule has 0 atom stereocenters. The molecule has 31 heavy (non-hydrogen) atoms. The molecule has 0 radical (unpaired) electrons. The van der Waals surface area contributed by atoms with Gasteiger partial charge in [-0.3, -0.25) is 9.71 Å². The van der Waals surface area contributed by atoms with E-state index >= 15 is 0 Å². The largest absolute Gasteiger partial charge is 0.392 e. The molecule has 0 saturated heterocycles. The van der Waals surface area contributed by atoms with E-state index in [2.05, 4.69) is 14.7 Å². The van der Waals surface area contributed by atoms with Gasteiger partial charge in [0, 0.05) is 48.5 Å².